The summed E-state index contributed by atoms with van der Waals surface area (Å²) in [5.74, 6) is 0. The predicted molar refractivity (Wildman–Crippen MR) is 66.6 cm³/mol. The van der Waals surface area contributed by atoms with Crippen LogP contribution in [0, 0.1) is 0 Å². The molecule has 0 aliphatic carbocycles. The van der Waals surface area contributed by atoms with E-state index in [0.29, 0.717) is 19.4 Å². The van der Waals surface area contributed by atoms with Crippen molar-refractivity contribution in [3.8, 4) is 0 Å². The lowest BCUT2D eigenvalue weighted by Gasteiger charge is -2.20. The van der Waals surface area contributed by atoms with Gasteiger partial charge in [0.1, 0.15) is 0 Å². The molecule has 0 radical (unpaired) electrons. The molecule has 0 fully saturated rings. The smallest absolute Gasteiger partial charge is 0.243 e. The molecule has 0 unspecified atom stereocenters. The average molecular weight is 255 g/mol. The van der Waals surface area contributed by atoms with Crippen LogP contribution in [0.15, 0.2) is 29.2 Å². The van der Waals surface area contributed by atoms with E-state index >= 15 is 0 Å². The molecular formula is C12H17NO3S. The maximum Gasteiger partial charge on any atom is 0.243 e. The number of sulfonamides is 1. The number of nitrogens with zero attached hydrogens (tertiary/aromatic N) is 1. The van der Waals surface area contributed by atoms with E-state index in [1.807, 2.05) is 6.92 Å². The molecule has 0 atom stereocenters. The predicted octanol–water partition coefficient (Wildman–Crippen LogP) is 1.92. The molecule has 0 bridgehead atoms. The molecule has 0 aliphatic heterocycles. The fourth-order valence-corrected chi connectivity index (χ4v) is 3.36. The molecule has 0 N–H and O–H groups in total. The Morgan fingerprint density at radius 2 is 1.88 bits per heavy atom. The van der Waals surface area contributed by atoms with Crippen molar-refractivity contribution in [3.05, 3.63) is 29.8 Å². The largest absolute Gasteiger partial charge is 0.298 e. The average Bonchev–Trinajstić information content (AvgIpc) is 2.35. The van der Waals surface area contributed by atoms with E-state index in [4.69, 9.17) is 0 Å². The van der Waals surface area contributed by atoms with Gasteiger partial charge in [-0.2, -0.15) is 4.31 Å². The van der Waals surface area contributed by atoms with Crippen LogP contribution in [-0.4, -0.2) is 32.1 Å². The second kappa shape index (κ2) is 5.93. The third-order valence-corrected chi connectivity index (χ3v) is 4.54. The van der Waals surface area contributed by atoms with Crippen molar-refractivity contribution in [3.63, 3.8) is 0 Å². The topological polar surface area (TPSA) is 54.5 Å². The Morgan fingerprint density at radius 1 is 1.24 bits per heavy atom. The summed E-state index contributed by atoms with van der Waals surface area (Å²) >= 11 is 0. The maximum absolute atomic E-state index is 12.3. The van der Waals surface area contributed by atoms with Crippen LogP contribution in [0.25, 0.3) is 0 Å². The lowest BCUT2D eigenvalue weighted by molar-refractivity contribution is 0.112. The van der Waals surface area contributed by atoms with Gasteiger partial charge in [-0.05, 0) is 12.5 Å². The van der Waals surface area contributed by atoms with Gasteiger partial charge in [-0.1, -0.05) is 32.0 Å². The van der Waals surface area contributed by atoms with Crippen molar-refractivity contribution < 1.29 is 13.2 Å². The molecule has 94 valence electrons. The minimum Gasteiger partial charge on any atom is -0.298 e. The van der Waals surface area contributed by atoms with Gasteiger partial charge in [-0.25, -0.2) is 8.42 Å². The third kappa shape index (κ3) is 2.92. The van der Waals surface area contributed by atoms with Crippen molar-refractivity contribution in [1.29, 1.82) is 0 Å². The molecule has 0 aromatic heterocycles. The first-order chi connectivity index (χ1) is 8.07. The molecule has 1 rings (SSSR count). The van der Waals surface area contributed by atoms with Crippen molar-refractivity contribution in [2.24, 2.45) is 0 Å². The molecule has 1 aromatic rings. The van der Waals surface area contributed by atoms with E-state index in [0.717, 1.165) is 6.42 Å². The number of rotatable bonds is 6. The molecular weight excluding hydrogens is 238 g/mol. The van der Waals surface area contributed by atoms with E-state index in [1.165, 1.54) is 16.4 Å². The number of hydrogen-bond donors (Lipinski definition) is 0. The quantitative estimate of drug-likeness (QED) is 0.730. The Bertz CT molecular complexity index is 482. The number of aldehydes is 1. The molecule has 0 amide bonds. The van der Waals surface area contributed by atoms with Gasteiger partial charge in [-0.3, -0.25) is 4.79 Å². The van der Waals surface area contributed by atoms with Crippen LogP contribution < -0.4 is 0 Å². The van der Waals surface area contributed by atoms with Crippen molar-refractivity contribution in [1.82, 2.24) is 4.31 Å². The van der Waals surface area contributed by atoms with E-state index < -0.39 is 10.0 Å². The Hall–Kier alpha value is -1.20. The highest BCUT2D eigenvalue weighted by Gasteiger charge is 2.24. The molecule has 17 heavy (non-hydrogen) atoms. The minimum absolute atomic E-state index is 0.0882. The highest BCUT2D eigenvalue weighted by atomic mass is 32.2. The molecule has 0 saturated heterocycles. The molecule has 0 spiro atoms. The van der Waals surface area contributed by atoms with Crippen LogP contribution in [0.1, 0.15) is 30.6 Å². The zero-order chi connectivity index (χ0) is 12.9. The monoisotopic (exact) mass is 255 g/mol. The molecule has 4 nitrogen and oxygen atoms in total. The summed E-state index contributed by atoms with van der Waals surface area (Å²) in [5, 5.41) is 0. The van der Waals surface area contributed by atoms with Gasteiger partial charge in [0.15, 0.2) is 6.29 Å². The Kier molecular flexibility index (Phi) is 4.84. The van der Waals surface area contributed by atoms with Crippen molar-refractivity contribution in [2.75, 3.05) is 13.1 Å². The Labute approximate surface area is 102 Å². The summed E-state index contributed by atoms with van der Waals surface area (Å²) in [5.41, 5.74) is 0.210. The van der Waals surface area contributed by atoms with Gasteiger partial charge in [0.25, 0.3) is 0 Å². The van der Waals surface area contributed by atoms with Gasteiger partial charge in [0.2, 0.25) is 10.0 Å². The molecule has 0 heterocycles. The van der Waals surface area contributed by atoms with Gasteiger partial charge in [-0.15, -0.1) is 0 Å². The maximum atomic E-state index is 12.3. The SMILES string of the molecule is CCCN(CC)S(=O)(=O)c1ccccc1C=O. The third-order valence-electron chi connectivity index (χ3n) is 2.49. The summed E-state index contributed by atoms with van der Waals surface area (Å²) in [6.45, 7) is 4.58. The van der Waals surface area contributed by atoms with Crippen LogP contribution >= 0.6 is 0 Å². The highest BCUT2D eigenvalue weighted by Crippen LogP contribution is 2.18. The lowest BCUT2D eigenvalue weighted by Crippen LogP contribution is -2.32. The van der Waals surface area contributed by atoms with Crippen LogP contribution in [-0.2, 0) is 10.0 Å². The number of carbonyl (C=O) groups excluding carboxylic acids is 1. The summed E-state index contributed by atoms with van der Waals surface area (Å²) < 4.78 is 26.0. The minimum atomic E-state index is -3.55. The summed E-state index contributed by atoms with van der Waals surface area (Å²) in [7, 11) is -3.55. The van der Waals surface area contributed by atoms with Gasteiger partial charge in [0.05, 0.1) is 4.90 Å². The van der Waals surface area contributed by atoms with Crippen LogP contribution in [0.3, 0.4) is 0 Å². The number of hydrogen-bond acceptors (Lipinski definition) is 3. The molecule has 0 saturated carbocycles. The van der Waals surface area contributed by atoms with Crippen molar-refractivity contribution >= 4 is 16.3 Å². The first kappa shape index (κ1) is 13.9. The summed E-state index contributed by atoms with van der Waals surface area (Å²) in [4.78, 5) is 10.9. The first-order valence-electron chi connectivity index (χ1n) is 5.62. The van der Waals surface area contributed by atoms with Gasteiger partial charge in [0, 0.05) is 18.7 Å². The Morgan fingerprint density at radius 3 is 2.41 bits per heavy atom. The van der Waals surface area contributed by atoms with Gasteiger partial charge >= 0.3 is 0 Å². The van der Waals surface area contributed by atoms with Crippen molar-refractivity contribution in [2.45, 2.75) is 25.2 Å². The lowest BCUT2D eigenvalue weighted by atomic mass is 10.2. The summed E-state index contributed by atoms with van der Waals surface area (Å²) in [6, 6.07) is 6.26. The van der Waals surface area contributed by atoms with E-state index in [2.05, 4.69) is 0 Å². The zero-order valence-corrected chi connectivity index (χ0v) is 10.9. The molecule has 0 aliphatic rings. The second-order valence-electron chi connectivity index (χ2n) is 3.65. The normalized spacial score (nSPS) is 11.7. The summed E-state index contributed by atoms with van der Waals surface area (Å²) in [6.07, 6.45) is 1.32. The van der Waals surface area contributed by atoms with E-state index in [-0.39, 0.29) is 10.5 Å². The van der Waals surface area contributed by atoms with Crippen LogP contribution in [0.4, 0.5) is 0 Å². The standard InChI is InChI=1S/C12H17NO3S/c1-3-9-13(4-2)17(15,16)12-8-6-5-7-11(12)10-14/h5-8,10H,3-4,9H2,1-2H3. The van der Waals surface area contributed by atoms with Crippen LogP contribution in [0.5, 0.6) is 0 Å². The van der Waals surface area contributed by atoms with E-state index in [9.17, 15) is 13.2 Å². The molecule has 5 heteroatoms. The first-order valence-corrected chi connectivity index (χ1v) is 7.06. The second-order valence-corrected chi connectivity index (χ2v) is 5.56. The zero-order valence-electron chi connectivity index (χ0n) is 10.1. The fraction of sp³-hybridized carbons (Fsp3) is 0.417. The fourth-order valence-electron chi connectivity index (χ4n) is 1.65. The number of benzene rings is 1. The van der Waals surface area contributed by atoms with E-state index in [1.54, 1.807) is 19.1 Å². The number of carbonyl (C=O) groups is 1. The van der Waals surface area contributed by atoms with Gasteiger partial charge < -0.3 is 0 Å². The highest BCUT2D eigenvalue weighted by molar-refractivity contribution is 7.89. The molecule has 1 aromatic carbocycles. The van der Waals surface area contributed by atoms with Crippen LogP contribution in [0.2, 0.25) is 0 Å². The Balaban J connectivity index is 3.24.